The van der Waals surface area contributed by atoms with Gasteiger partial charge in [-0.15, -0.1) is 0 Å². The van der Waals surface area contributed by atoms with Crippen molar-refractivity contribution in [3.8, 4) is 5.75 Å². The van der Waals surface area contributed by atoms with Gasteiger partial charge in [-0.25, -0.2) is 0 Å². The summed E-state index contributed by atoms with van der Waals surface area (Å²) in [5.41, 5.74) is 2.82. The Labute approximate surface area is 146 Å². The first-order valence-corrected chi connectivity index (χ1v) is 8.43. The van der Waals surface area contributed by atoms with Gasteiger partial charge in [-0.1, -0.05) is 54.6 Å². The van der Waals surface area contributed by atoms with Crippen molar-refractivity contribution >= 4 is 28.0 Å². The molecule has 0 unspecified atom stereocenters. The maximum absolute atomic E-state index is 11.5. The minimum absolute atomic E-state index is 0.547. The van der Waals surface area contributed by atoms with Crippen molar-refractivity contribution in [1.29, 1.82) is 0 Å². The third kappa shape index (κ3) is 2.68. The summed E-state index contributed by atoms with van der Waals surface area (Å²) in [5.74, 6) is 0.892. The fraction of sp³-hybridized carbons (Fsp3) is 0.136. The van der Waals surface area contributed by atoms with E-state index in [1.165, 1.54) is 5.39 Å². The van der Waals surface area contributed by atoms with Crippen LogP contribution >= 0.6 is 0 Å². The van der Waals surface area contributed by atoms with Gasteiger partial charge in [-0.05, 0) is 24.4 Å². The number of fused-ring (bicyclic) bond motifs is 2. The van der Waals surface area contributed by atoms with Crippen LogP contribution in [0.3, 0.4) is 0 Å². The van der Waals surface area contributed by atoms with Gasteiger partial charge in [-0.2, -0.15) is 0 Å². The molecule has 3 heteroatoms. The number of carbonyl (C=O) groups excluding carboxylic acids is 1. The van der Waals surface area contributed by atoms with Crippen molar-refractivity contribution in [3.05, 3.63) is 78.0 Å². The van der Waals surface area contributed by atoms with Crippen molar-refractivity contribution in [3.63, 3.8) is 0 Å². The molecular weight excluding hydrogens is 310 g/mol. The summed E-state index contributed by atoms with van der Waals surface area (Å²) in [6.07, 6.45) is 0.944. The van der Waals surface area contributed by atoms with E-state index in [4.69, 9.17) is 4.74 Å². The van der Waals surface area contributed by atoms with Crippen LogP contribution in [0, 0.1) is 6.92 Å². The highest BCUT2D eigenvalue weighted by Crippen LogP contribution is 2.26. The fourth-order valence-electron chi connectivity index (χ4n) is 3.46. The van der Waals surface area contributed by atoms with Gasteiger partial charge in [0, 0.05) is 27.5 Å². The maximum Gasteiger partial charge on any atom is 0.152 e. The van der Waals surface area contributed by atoms with E-state index in [2.05, 4.69) is 22.8 Å². The molecule has 0 amide bonds. The predicted octanol–water partition coefficient (Wildman–Crippen LogP) is 4.99. The van der Waals surface area contributed by atoms with Gasteiger partial charge in [0.2, 0.25) is 0 Å². The Kier molecular flexibility index (Phi) is 3.98. The molecule has 0 bridgehead atoms. The lowest BCUT2D eigenvalue weighted by Crippen LogP contribution is -2.09. The van der Waals surface area contributed by atoms with Gasteiger partial charge >= 0.3 is 0 Å². The molecule has 0 fully saturated rings. The molecule has 0 radical (unpaired) electrons. The Hall–Kier alpha value is -3.07. The molecule has 0 N–H and O–H groups in total. The normalized spacial score (nSPS) is 11.1. The smallest absolute Gasteiger partial charge is 0.152 e. The Bertz CT molecular complexity index is 1060. The molecule has 124 valence electrons. The molecule has 0 saturated carbocycles. The molecule has 3 nitrogen and oxygen atoms in total. The van der Waals surface area contributed by atoms with Gasteiger partial charge in [0.25, 0.3) is 0 Å². The number of nitrogens with zero attached hydrogens (tertiary/aromatic N) is 1. The van der Waals surface area contributed by atoms with Crippen molar-refractivity contribution < 1.29 is 9.53 Å². The molecular formula is C22H19NO2. The molecule has 0 aliphatic carbocycles. The minimum Gasteiger partial charge on any atom is -0.491 e. The van der Waals surface area contributed by atoms with Crippen molar-refractivity contribution in [2.24, 2.45) is 0 Å². The number of para-hydroxylation sites is 1. The average molecular weight is 329 g/mol. The summed E-state index contributed by atoms with van der Waals surface area (Å²) in [5, 5.41) is 3.29. The van der Waals surface area contributed by atoms with Gasteiger partial charge in [0.1, 0.15) is 12.4 Å². The average Bonchev–Trinajstić information content (AvgIpc) is 2.93. The number of ether oxygens (including phenoxy) is 1. The first kappa shape index (κ1) is 15.5. The standard InChI is InChI=1S/C22H19NO2/c1-16-20(15-24)19-10-4-5-11-21(19)23(16)13-14-25-22-12-6-8-17-7-2-3-9-18(17)22/h2-12,15H,13-14H2,1H3. The quantitative estimate of drug-likeness (QED) is 0.483. The summed E-state index contributed by atoms with van der Waals surface area (Å²) in [6, 6.07) is 22.3. The van der Waals surface area contributed by atoms with E-state index in [-0.39, 0.29) is 0 Å². The van der Waals surface area contributed by atoms with Crippen molar-refractivity contribution in [1.82, 2.24) is 4.57 Å². The predicted molar refractivity (Wildman–Crippen MR) is 102 cm³/mol. The third-order valence-electron chi connectivity index (χ3n) is 4.72. The summed E-state index contributed by atoms with van der Waals surface area (Å²) >= 11 is 0. The van der Waals surface area contributed by atoms with Crippen LogP contribution in [-0.4, -0.2) is 17.5 Å². The van der Waals surface area contributed by atoms with Gasteiger partial charge in [-0.3, -0.25) is 4.79 Å². The van der Waals surface area contributed by atoms with Crippen LogP contribution in [0.4, 0.5) is 0 Å². The summed E-state index contributed by atoms with van der Waals surface area (Å²) in [7, 11) is 0. The molecule has 25 heavy (non-hydrogen) atoms. The highest BCUT2D eigenvalue weighted by molar-refractivity contribution is 5.99. The fourth-order valence-corrected chi connectivity index (χ4v) is 3.46. The second-order valence-corrected chi connectivity index (χ2v) is 6.11. The zero-order valence-electron chi connectivity index (χ0n) is 14.1. The molecule has 0 spiro atoms. The van der Waals surface area contributed by atoms with E-state index in [1.54, 1.807) is 0 Å². The Morgan fingerprint density at radius 3 is 2.48 bits per heavy atom. The second-order valence-electron chi connectivity index (χ2n) is 6.11. The van der Waals surface area contributed by atoms with Crippen LogP contribution in [0.15, 0.2) is 66.7 Å². The number of aromatic nitrogens is 1. The molecule has 0 saturated heterocycles. The van der Waals surface area contributed by atoms with E-state index < -0.39 is 0 Å². The molecule has 1 heterocycles. The lowest BCUT2D eigenvalue weighted by atomic mass is 10.1. The van der Waals surface area contributed by atoms with E-state index >= 15 is 0 Å². The molecule has 4 rings (SSSR count). The van der Waals surface area contributed by atoms with E-state index in [1.807, 2.05) is 55.5 Å². The van der Waals surface area contributed by atoms with Crippen LogP contribution in [0.25, 0.3) is 21.7 Å². The Morgan fingerprint density at radius 2 is 1.64 bits per heavy atom. The van der Waals surface area contributed by atoms with Crippen LogP contribution < -0.4 is 4.74 Å². The minimum atomic E-state index is 0.547. The summed E-state index contributed by atoms with van der Waals surface area (Å²) < 4.78 is 8.22. The zero-order chi connectivity index (χ0) is 17.2. The highest BCUT2D eigenvalue weighted by atomic mass is 16.5. The van der Waals surface area contributed by atoms with E-state index in [0.717, 1.165) is 39.6 Å². The van der Waals surface area contributed by atoms with Crippen molar-refractivity contribution in [2.75, 3.05) is 6.61 Å². The van der Waals surface area contributed by atoms with Gasteiger partial charge < -0.3 is 9.30 Å². The lowest BCUT2D eigenvalue weighted by Gasteiger charge is -2.12. The Morgan fingerprint density at radius 1 is 0.920 bits per heavy atom. The Balaban J connectivity index is 1.61. The van der Waals surface area contributed by atoms with E-state index in [9.17, 15) is 4.79 Å². The van der Waals surface area contributed by atoms with Crippen LogP contribution in [-0.2, 0) is 6.54 Å². The maximum atomic E-state index is 11.5. The van der Waals surface area contributed by atoms with Crippen LogP contribution in [0.5, 0.6) is 5.75 Å². The number of rotatable bonds is 5. The monoisotopic (exact) mass is 329 g/mol. The molecule has 0 atom stereocenters. The number of benzene rings is 3. The third-order valence-corrected chi connectivity index (χ3v) is 4.72. The van der Waals surface area contributed by atoms with Crippen molar-refractivity contribution in [2.45, 2.75) is 13.5 Å². The molecule has 3 aromatic carbocycles. The molecule has 0 aliphatic rings. The molecule has 1 aromatic heterocycles. The van der Waals surface area contributed by atoms with Gasteiger partial charge in [0.05, 0.1) is 6.54 Å². The largest absolute Gasteiger partial charge is 0.491 e. The number of aldehydes is 1. The lowest BCUT2D eigenvalue weighted by molar-refractivity contribution is 0.112. The number of hydrogen-bond acceptors (Lipinski definition) is 2. The topological polar surface area (TPSA) is 31.2 Å². The zero-order valence-corrected chi connectivity index (χ0v) is 14.1. The van der Waals surface area contributed by atoms with Gasteiger partial charge in [0.15, 0.2) is 6.29 Å². The first-order valence-electron chi connectivity index (χ1n) is 8.43. The number of hydrogen-bond donors (Lipinski definition) is 0. The van der Waals surface area contributed by atoms with E-state index in [0.29, 0.717) is 13.2 Å². The first-order chi connectivity index (χ1) is 12.3. The summed E-state index contributed by atoms with van der Waals surface area (Å²) in [4.78, 5) is 11.5. The molecule has 0 aliphatic heterocycles. The SMILES string of the molecule is Cc1c(C=O)c2ccccc2n1CCOc1cccc2ccccc12. The summed E-state index contributed by atoms with van der Waals surface area (Å²) in [6.45, 7) is 3.23. The number of carbonyl (C=O) groups is 1. The second kappa shape index (κ2) is 6.44. The molecule has 4 aromatic rings. The van der Waals surface area contributed by atoms with Crippen LogP contribution in [0.1, 0.15) is 16.1 Å². The highest BCUT2D eigenvalue weighted by Gasteiger charge is 2.13. The van der Waals surface area contributed by atoms with Crippen LogP contribution in [0.2, 0.25) is 0 Å².